The lowest BCUT2D eigenvalue weighted by atomic mass is 9.97. The molecule has 19 heavy (non-hydrogen) atoms. The molecule has 98 valence electrons. The van der Waals surface area contributed by atoms with Gasteiger partial charge in [0, 0.05) is 17.1 Å². The summed E-state index contributed by atoms with van der Waals surface area (Å²) >= 11 is 0. The van der Waals surface area contributed by atoms with Crippen molar-refractivity contribution in [2.24, 2.45) is 5.41 Å². The summed E-state index contributed by atoms with van der Waals surface area (Å²) in [7, 11) is 0. The highest BCUT2D eigenvalue weighted by atomic mass is 16.5. The van der Waals surface area contributed by atoms with Gasteiger partial charge in [-0.05, 0) is 38.5 Å². The van der Waals surface area contributed by atoms with Gasteiger partial charge in [0.1, 0.15) is 0 Å². The smallest absolute Gasteiger partial charge is 0.316 e. The normalized spacial score (nSPS) is 11.3. The van der Waals surface area contributed by atoms with Gasteiger partial charge >= 0.3 is 5.97 Å². The fraction of sp³-hybridized carbons (Fsp3) is 0.333. The van der Waals surface area contributed by atoms with Crippen LogP contribution in [0.3, 0.4) is 0 Å². The van der Waals surface area contributed by atoms with Crippen molar-refractivity contribution < 1.29 is 9.53 Å². The van der Waals surface area contributed by atoms with Crippen molar-refractivity contribution in [1.82, 2.24) is 4.98 Å². The lowest BCUT2D eigenvalue weighted by molar-refractivity contribution is -0.142. The summed E-state index contributed by atoms with van der Waals surface area (Å²) in [5.74, 6) is 0.230. The van der Waals surface area contributed by atoms with Crippen molar-refractivity contribution in [3.8, 4) is 11.8 Å². The minimum absolute atomic E-state index is 0.279. The molecule has 2 aromatic rings. The van der Waals surface area contributed by atoms with Crippen LogP contribution >= 0.6 is 0 Å². The van der Waals surface area contributed by atoms with Crippen LogP contribution in [0.2, 0.25) is 0 Å². The van der Waals surface area contributed by atoms with Crippen LogP contribution < -0.4 is 4.74 Å². The average Bonchev–Trinajstić information content (AvgIpc) is 2.71. The van der Waals surface area contributed by atoms with E-state index in [9.17, 15) is 4.79 Å². The first kappa shape index (κ1) is 13.2. The molecule has 0 saturated heterocycles. The second-order valence-electron chi connectivity index (χ2n) is 5.51. The highest BCUT2D eigenvalue weighted by Gasteiger charge is 2.24. The predicted molar refractivity (Wildman–Crippen MR) is 72.7 cm³/mol. The molecule has 0 unspecified atom stereocenters. The van der Waals surface area contributed by atoms with E-state index in [2.05, 4.69) is 11.1 Å². The maximum absolute atomic E-state index is 11.9. The van der Waals surface area contributed by atoms with Crippen LogP contribution in [0.1, 0.15) is 26.3 Å². The number of hydrogen-bond donors (Lipinski definition) is 1. The predicted octanol–water partition coefficient (Wildman–Crippen LogP) is 3.19. The van der Waals surface area contributed by atoms with Crippen LogP contribution in [-0.2, 0) is 11.2 Å². The monoisotopic (exact) mass is 256 g/mol. The summed E-state index contributed by atoms with van der Waals surface area (Å²) in [6.07, 6.45) is 2.01. The number of nitriles is 1. The lowest BCUT2D eigenvalue weighted by Crippen LogP contribution is -2.25. The summed E-state index contributed by atoms with van der Waals surface area (Å²) in [4.78, 5) is 15.0. The maximum atomic E-state index is 11.9. The third kappa shape index (κ3) is 2.76. The first-order valence-corrected chi connectivity index (χ1v) is 6.11. The Morgan fingerprint density at radius 2 is 2.16 bits per heavy atom. The number of nitrogens with zero attached hydrogens (tertiary/aromatic N) is 1. The molecular weight excluding hydrogens is 240 g/mol. The van der Waals surface area contributed by atoms with Gasteiger partial charge in [0.2, 0.25) is 0 Å². The van der Waals surface area contributed by atoms with Crippen molar-refractivity contribution in [2.45, 2.75) is 27.2 Å². The third-order valence-electron chi connectivity index (χ3n) is 2.81. The Labute approximate surface area is 112 Å². The molecule has 0 atom stereocenters. The number of ether oxygens (including phenoxy) is 1. The Morgan fingerprint density at radius 1 is 1.42 bits per heavy atom. The molecule has 2 rings (SSSR count). The zero-order valence-electron chi connectivity index (χ0n) is 11.3. The molecule has 0 amide bonds. The number of nitrogens with one attached hydrogen (secondary N) is 1. The Kier molecular flexibility index (Phi) is 3.30. The average molecular weight is 256 g/mol. The molecule has 0 aliphatic carbocycles. The molecule has 0 aliphatic heterocycles. The minimum Gasteiger partial charge on any atom is -0.424 e. The number of hydrogen-bond acceptors (Lipinski definition) is 3. The van der Waals surface area contributed by atoms with Crippen molar-refractivity contribution in [1.29, 1.82) is 5.26 Å². The van der Waals surface area contributed by atoms with Crippen LogP contribution in [0.15, 0.2) is 24.4 Å². The van der Waals surface area contributed by atoms with Crippen molar-refractivity contribution in [2.75, 3.05) is 0 Å². The molecule has 1 heterocycles. The number of esters is 1. The van der Waals surface area contributed by atoms with E-state index in [1.807, 2.05) is 39.0 Å². The quantitative estimate of drug-likeness (QED) is 0.839. The lowest BCUT2D eigenvalue weighted by Gasteiger charge is -2.15. The van der Waals surface area contributed by atoms with Gasteiger partial charge in [-0.1, -0.05) is 6.07 Å². The number of H-pyrrole nitrogens is 1. The van der Waals surface area contributed by atoms with E-state index in [-0.39, 0.29) is 5.97 Å². The molecule has 1 aromatic heterocycles. The van der Waals surface area contributed by atoms with Crippen LogP contribution in [0, 0.1) is 16.7 Å². The summed E-state index contributed by atoms with van der Waals surface area (Å²) in [5.41, 5.74) is 1.24. The zero-order chi connectivity index (χ0) is 14.0. The van der Waals surface area contributed by atoms with E-state index in [1.54, 1.807) is 6.20 Å². The molecule has 0 saturated carbocycles. The molecule has 4 heteroatoms. The second-order valence-corrected chi connectivity index (χ2v) is 5.51. The second kappa shape index (κ2) is 4.77. The zero-order valence-corrected chi connectivity index (χ0v) is 11.3. The highest BCUT2D eigenvalue weighted by Crippen LogP contribution is 2.28. The van der Waals surface area contributed by atoms with Crippen LogP contribution in [0.25, 0.3) is 10.9 Å². The van der Waals surface area contributed by atoms with E-state index in [0.717, 1.165) is 16.5 Å². The van der Waals surface area contributed by atoms with Gasteiger partial charge < -0.3 is 9.72 Å². The summed E-state index contributed by atoms with van der Waals surface area (Å²) < 4.78 is 5.41. The van der Waals surface area contributed by atoms with Gasteiger partial charge in [0.25, 0.3) is 0 Å². The molecule has 1 aromatic carbocycles. The van der Waals surface area contributed by atoms with Crippen LogP contribution in [0.4, 0.5) is 0 Å². The van der Waals surface area contributed by atoms with E-state index < -0.39 is 5.41 Å². The van der Waals surface area contributed by atoms with Crippen molar-refractivity contribution in [3.05, 3.63) is 30.0 Å². The largest absolute Gasteiger partial charge is 0.424 e. The Hall–Kier alpha value is -2.28. The summed E-state index contributed by atoms with van der Waals surface area (Å²) in [6.45, 7) is 5.43. The van der Waals surface area contributed by atoms with Gasteiger partial charge in [-0.25, -0.2) is 0 Å². The Balaban J connectivity index is 2.36. The topological polar surface area (TPSA) is 65.9 Å². The highest BCUT2D eigenvalue weighted by molar-refractivity contribution is 5.90. The first-order valence-electron chi connectivity index (χ1n) is 6.11. The molecule has 4 nitrogen and oxygen atoms in total. The number of aromatic nitrogens is 1. The molecule has 1 N–H and O–H groups in total. The van der Waals surface area contributed by atoms with E-state index in [1.165, 1.54) is 0 Å². The van der Waals surface area contributed by atoms with E-state index in [0.29, 0.717) is 12.2 Å². The maximum Gasteiger partial charge on any atom is 0.316 e. The number of benzene rings is 1. The third-order valence-corrected chi connectivity index (χ3v) is 2.81. The van der Waals surface area contributed by atoms with Crippen molar-refractivity contribution in [3.63, 3.8) is 0 Å². The van der Waals surface area contributed by atoms with Gasteiger partial charge in [-0.2, -0.15) is 5.26 Å². The van der Waals surface area contributed by atoms with Gasteiger partial charge in [-0.15, -0.1) is 0 Å². The molecule has 0 spiro atoms. The Morgan fingerprint density at radius 3 is 2.79 bits per heavy atom. The standard InChI is InChI=1S/C15H16N2O2/c1-15(2,3)14(18)19-13-9-17-12-5-4-10(6-7-16)8-11(12)13/h4-5,8-9,17H,6H2,1-3H3. The van der Waals surface area contributed by atoms with E-state index in [4.69, 9.17) is 10.00 Å². The number of aromatic amines is 1. The fourth-order valence-electron chi connectivity index (χ4n) is 1.68. The molecule has 0 radical (unpaired) electrons. The van der Waals surface area contributed by atoms with Crippen LogP contribution in [0.5, 0.6) is 5.75 Å². The number of carbonyl (C=O) groups is 1. The van der Waals surface area contributed by atoms with Gasteiger partial charge in [-0.3, -0.25) is 4.79 Å². The van der Waals surface area contributed by atoms with Gasteiger partial charge in [0.05, 0.1) is 17.9 Å². The number of carbonyl (C=O) groups excluding carboxylic acids is 1. The SMILES string of the molecule is CC(C)(C)C(=O)Oc1c[nH]c2ccc(CC#N)cc12. The number of rotatable bonds is 2. The summed E-state index contributed by atoms with van der Waals surface area (Å²) in [6, 6.07) is 7.75. The molecule has 0 aliphatic rings. The molecule has 0 fully saturated rings. The van der Waals surface area contributed by atoms with Gasteiger partial charge in [0.15, 0.2) is 5.75 Å². The fourth-order valence-corrected chi connectivity index (χ4v) is 1.68. The Bertz CT molecular complexity index is 657. The first-order chi connectivity index (χ1) is 8.91. The van der Waals surface area contributed by atoms with Crippen LogP contribution in [-0.4, -0.2) is 11.0 Å². The minimum atomic E-state index is -0.548. The summed E-state index contributed by atoms with van der Waals surface area (Å²) in [5, 5.41) is 9.55. The van der Waals surface area contributed by atoms with E-state index >= 15 is 0 Å². The molecule has 0 bridgehead atoms. The molecular formula is C15H16N2O2. The van der Waals surface area contributed by atoms with Crippen molar-refractivity contribution >= 4 is 16.9 Å². The number of fused-ring (bicyclic) bond motifs is 1.